The van der Waals surface area contributed by atoms with Crippen LogP contribution in [0.15, 0.2) is 42.7 Å². The van der Waals surface area contributed by atoms with Gasteiger partial charge in [0.2, 0.25) is 5.95 Å². The quantitative estimate of drug-likeness (QED) is 0.700. The van der Waals surface area contributed by atoms with Crippen LogP contribution in [0.4, 0.5) is 5.95 Å². The molecule has 2 aliphatic rings. The van der Waals surface area contributed by atoms with Crippen molar-refractivity contribution in [2.75, 3.05) is 44.2 Å². The highest BCUT2D eigenvalue weighted by Gasteiger charge is 2.35. The number of thiazole rings is 1. The van der Waals surface area contributed by atoms with Crippen LogP contribution in [0.25, 0.3) is 10.2 Å². The molecule has 4 heterocycles. The van der Waals surface area contributed by atoms with Crippen LogP contribution in [0.5, 0.6) is 0 Å². The van der Waals surface area contributed by atoms with Crippen molar-refractivity contribution in [1.29, 1.82) is 0 Å². The number of benzene rings is 1. The van der Waals surface area contributed by atoms with Gasteiger partial charge < -0.3 is 14.7 Å². The standard InChI is InChI=1S/C21H24N6OS/c28-19(25-11-13-26(14-12-25)21-22-8-4-9-23-21)15-27-10-3-6-17(27)20-24-16-5-1-2-7-18(16)29-20/h1-2,4-5,7-9,17H,3,6,10-15H2/p+1/t17-/m1/s1. The van der Waals surface area contributed by atoms with Crippen molar-refractivity contribution in [2.24, 2.45) is 0 Å². The molecule has 0 bridgehead atoms. The number of piperazine rings is 1. The second-order valence-corrected chi connectivity index (χ2v) is 8.78. The molecular formula is C21H25N6OS+. The smallest absolute Gasteiger partial charge is 0.277 e. The van der Waals surface area contributed by atoms with E-state index < -0.39 is 0 Å². The second kappa shape index (κ2) is 8.04. The predicted molar refractivity (Wildman–Crippen MR) is 113 cm³/mol. The number of amides is 1. The van der Waals surface area contributed by atoms with Crippen molar-refractivity contribution in [3.8, 4) is 0 Å². The molecule has 1 unspecified atom stereocenters. The van der Waals surface area contributed by atoms with Gasteiger partial charge in [0.05, 0.1) is 16.8 Å². The minimum absolute atomic E-state index is 0.252. The molecule has 1 N–H and O–H groups in total. The summed E-state index contributed by atoms with van der Waals surface area (Å²) in [7, 11) is 0. The van der Waals surface area contributed by atoms with Crippen molar-refractivity contribution < 1.29 is 9.69 Å². The first kappa shape index (κ1) is 18.4. The highest BCUT2D eigenvalue weighted by atomic mass is 32.1. The van der Waals surface area contributed by atoms with Gasteiger partial charge in [0.25, 0.3) is 5.91 Å². The molecule has 7 nitrogen and oxygen atoms in total. The maximum atomic E-state index is 13.0. The summed E-state index contributed by atoms with van der Waals surface area (Å²) in [6.07, 6.45) is 5.79. The van der Waals surface area contributed by atoms with Crippen molar-refractivity contribution in [3.63, 3.8) is 0 Å². The van der Waals surface area contributed by atoms with Gasteiger partial charge in [-0.3, -0.25) is 4.79 Å². The number of aromatic nitrogens is 3. The molecule has 8 heteroatoms. The lowest BCUT2D eigenvalue weighted by atomic mass is 10.2. The first-order chi connectivity index (χ1) is 14.3. The van der Waals surface area contributed by atoms with Crippen molar-refractivity contribution in [2.45, 2.75) is 18.9 Å². The Morgan fingerprint density at radius 2 is 1.90 bits per heavy atom. The van der Waals surface area contributed by atoms with Crippen LogP contribution in [-0.2, 0) is 4.79 Å². The zero-order chi connectivity index (χ0) is 19.6. The fourth-order valence-corrected chi connectivity index (χ4v) is 5.54. The van der Waals surface area contributed by atoms with E-state index in [0.29, 0.717) is 12.6 Å². The SMILES string of the molecule is O=C(C[NH+]1CCC[C@@H]1c1nc2ccccc2s1)N1CCN(c2ncccn2)CC1. The van der Waals surface area contributed by atoms with Gasteiger partial charge in [0, 0.05) is 51.4 Å². The van der Waals surface area contributed by atoms with Gasteiger partial charge in [-0.05, 0) is 18.2 Å². The monoisotopic (exact) mass is 409 g/mol. The van der Waals surface area contributed by atoms with Crippen LogP contribution >= 0.6 is 11.3 Å². The molecule has 150 valence electrons. The number of fused-ring (bicyclic) bond motifs is 1. The number of para-hydroxylation sites is 1. The molecule has 29 heavy (non-hydrogen) atoms. The van der Waals surface area contributed by atoms with Crippen LogP contribution < -0.4 is 9.80 Å². The molecule has 0 radical (unpaired) electrons. The molecule has 0 spiro atoms. The Labute approximate surface area is 174 Å². The molecule has 2 saturated heterocycles. The van der Waals surface area contributed by atoms with Gasteiger partial charge in [-0.25, -0.2) is 15.0 Å². The summed E-state index contributed by atoms with van der Waals surface area (Å²) >= 11 is 1.78. The summed E-state index contributed by atoms with van der Waals surface area (Å²) < 4.78 is 1.24. The number of nitrogens with one attached hydrogen (secondary N) is 1. The van der Waals surface area contributed by atoms with Crippen LogP contribution in [-0.4, -0.2) is 65.0 Å². The fourth-order valence-electron chi connectivity index (χ4n) is 4.38. The lowest BCUT2D eigenvalue weighted by Gasteiger charge is -2.35. The number of hydrogen-bond donors (Lipinski definition) is 1. The maximum Gasteiger partial charge on any atom is 0.277 e. The largest absolute Gasteiger partial charge is 0.337 e. The predicted octanol–water partition coefficient (Wildman–Crippen LogP) is 1.15. The Balaban J connectivity index is 1.21. The average molecular weight is 410 g/mol. The third kappa shape index (κ3) is 3.82. The minimum atomic E-state index is 0.252. The van der Waals surface area contributed by atoms with Gasteiger partial charge in [0.15, 0.2) is 11.6 Å². The lowest BCUT2D eigenvalue weighted by molar-refractivity contribution is -0.910. The second-order valence-electron chi connectivity index (χ2n) is 7.72. The number of likely N-dealkylation sites (tertiary alicyclic amines) is 1. The molecule has 1 aromatic carbocycles. The molecule has 3 aromatic rings. The summed E-state index contributed by atoms with van der Waals surface area (Å²) in [5, 5.41) is 1.18. The lowest BCUT2D eigenvalue weighted by Crippen LogP contribution is -3.11. The summed E-state index contributed by atoms with van der Waals surface area (Å²) in [5.41, 5.74) is 1.07. The van der Waals surface area contributed by atoms with E-state index in [-0.39, 0.29) is 5.91 Å². The van der Waals surface area contributed by atoms with E-state index in [0.717, 1.165) is 57.0 Å². The van der Waals surface area contributed by atoms with E-state index in [1.165, 1.54) is 14.6 Å². The summed E-state index contributed by atoms with van der Waals surface area (Å²) in [6, 6.07) is 10.5. The molecule has 2 aliphatic heterocycles. The Kier molecular flexibility index (Phi) is 5.12. The number of nitrogens with zero attached hydrogens (tertiary/aromatic N) is 5. The molecule has 1 amide bonds. The van der Waals surface area contributed by atoms with Gasteiger partial charge in [-0.1, -0.05) is 12.1 Å². The van der Waals surface area contributed by atoms with Crippen LogP contribution in [0, 0.1) is 0 Å². The highest BCUT2D eigenvalue weighted by Crippen LogP contribution is 2.28. The van der Waals surface area contributed by atoms with Crippen LogP contribution in [0.2, 0.25) is 0 Å². The topological polar surface area (TPSA) is 66.7 Å². The van der Waals surface area contributed by atoms with Crippen molar-refractivity contribution in [3.05, 3.63) is 47.7 Å². The minimum Gasteiger partial charge on any atom is -0.337 e. The fraction of sp³-hybridized carbons (Fsp3) is 0.429. The Hall–Kier alpha value is -2.58. The number of hydrogen-bond acceptors (Lipinski definition) is 6. The average Bonchev–Trinajstić information content (AvgIpc) is 3.41. The van der Waals surface area contributed by atoms with Crippen LogP contribution in [0.3, 0.4) is 0 Å². The Bertz CT molecular complexity index is 952. The Morgan fingerprint density at radius 3 is 2.69 bits per heavy atom. The highest BCUT2D eigenvalue weighted by molar-refractivity contribution is 7.18. The molecule has 2 atom stereocenters. The summed E-state index contributed by atoms with van der Waals surface area (Å²) in [5.74, 6) is 1.00. The van der Waals surface area contributed by atoms with E-state index >= 15 is 0 Å². The zero-order valence-electron chi connectivity index (χ0n) is 16.3. The van der Waals surface area contributed by atoms with E-state index in [2.05, 4.69) is 33.1 Å². The van der Waals surface area contributed by atoms with Crippen molar-refractivity contribution in [1.82, 2.24) is 19.9 Å². The van der Waals surface area contributed by atoms with E-state index in [1.54, 1.807) is 23.7 Å². The summed E-state index contributed by atoms with van der Waals surface area (Å²) in [6.45, 7) is 4.64. The van der Waals surface area contributed by atoms with Gasteiger partial charge in [0.1, 0.15) is 6.04 Å². The maximum absolute atomic E-state index is 13.0. The molecule has 2 aromatic heterocycles. The van der Waals surface area contributed by atoms with E-state index in [1.807, 2.05) is 17.0 Å². The first-order valence-electron chi connectivity index (χ1n) is 10.3. The number of rotatable bonds is 4. The van der Waals surface area contributed by atoms with E-state index in [4.69, 9.17) is 4.98 Å². The zero-order valence-corrected chi connectivity index (χ0v) is 17.1. The van der Waals surface area contributed by atoms with Gasteiger partial charge >= 0.3 is 0 Å². The molecule has 0 saturated carbocycles. The van der Waals surface area contributed by atoms with Crippen LogP contribution in [0.1, 0.15) is 23.9 Å². The molecule has 2 fully saturated rings. The van der Waals surface area contributed by atoms with E-state index in [9.17, 15) is 4.79 Å². The molecule has 0 aliphatic carbocycles. The third-order valence-electron chi connectivity index (χ3n) is 5.94. The summed E-state index contributed by atoms with van der Waals surface area (Å²) in [4.78, 5) is 32.0. The first-order valence-corrected chi connectivity index (χ1v) is 11.1. The van der Waals surface area contributed by atoms with Gasteiger partial charge in [-0.15, -0.1) is 11.3 Å². The number of anilines is 1. The number of carbonyl (C=O) groups excluding carboxylic acids is 1. The third-order valence-corrected chi connectivity index (χ3v) is 7.09. The van der Waals surface area contributed by atoms with Crippen molar-refractivity contribution >= 4 is 33.4 Å². The normalized spacial score (nSPS) is 22.3. The molecular weight excluding hydrogens is 384 g/mol. The Morgan fingerprint density at radius 1 is 1.10 bits per heavy atom. The number of carbonyl (C=O) groups is 1. The number of quaternary nitrogens is 1. The molecule has 5 rings (SSSR count). The van der Waals surface area contributed by atoms with Gasteiger partial charge in [-0.2, -0.15) is 0 Å².